The first-order chi connectivity index (χ1) is 14.6. The topological polar surface area (TPSA) is 40.5 Å². The molecule has 0 aliphatic heterocycles. The zero-order chi connectivity index (χ0) is 22.2. The molecule has 2 unspecified atom stereocenters. The largest absolute Gasteiger partial charge is 0.508 e. The van der Waals surface area contributed by atoms with E-state index in [-0.39, 0.29) is 21.7 Å². The van der Waals surface area contributed by atoms with Crippen LogP contribution >= 0.6 is 0 Å². The molecule has 2 nitrogen and oxygen atoms in total. The Kier molecular flexibility index (Phi) is 4.40. The maximum Gasteiger partial charge on any atom is 0.119 e. The Morgan fingerprint density at radius 1 is 0.742 bits per heavy atom. The normalized spacial score (nSPS) is 36.3. The van der Waals surface area contributed by atoms with E-state index in [9.17, 15) is 10.2 Å². The minimum absolute atomic E-state index is 0.0237. The number of rotatable bonds is 4. The van der Waals surface area contributed by atoms with Crippen LogP contribution in [0.3, 0.4) is 0 Å². The summed E-state index contributed by atoms with van der Waals surface area (Å²) >= 11 is 0. The molecule has 4 aliphatic rings. The Morgan fingerprint density at radius 3 is 1.61 bits per heavy atom. The third-order valence-electron chi connectivity index (χ3n) is 9.64. The van der Waals surface area contributed by atoms with Crippen molar-refractivity contribution in [3.05, 3.63) is 58.7 Å². The fraction of sp³-hybridized carbons (Fsp3) is 0.586. The molecule has 166 valence electrons. The van der Waals surface area contributed by atoms with Gasteiger partial charge >= 0.3 is 0 Å². The Morgan fingerprint density at radius 2 is 1.23 bits per heavy atom. The zero-order valence-electron chi connectivity index (χ0n) is 19.9. The second-order valence-corrected chi connectivity index (χ2v) is 12.0. The van der Waals surface area contributed by atoms with Gasteiger partial charge in [0.05, 0.1) is 0 Å². The second kappa shape index (κ2) is 6.53. The standard InChI is InChI=1S/C29H38O2/c1-6-26-13-27(19(2)3)16-28(14-26,22-9-7-20(4)11-24(22)30)18-29(15-26,17-27)23-10-8-21(5)12-25(23)31/h7-12,19,30-31H,6,13-18H2,1-5H3. The van der Waals surface area contributed by atoms with Crippen LogP contribution in [0.25, 0.3) is 0 Å². The molecule has 4 aliphatic carbocycles. The number of benzene rings is 2. The number of phenolic OH excluding ortho intramolecular Hbond substituents is 2. The molecule has 6 rings (SSSR count). The summed E-state index contributed by atoms with van der Waals surface area (Å²) < 4.78 is 0. The molecule has 0 radical (unpaired) electrons. The molecule has 2 aromatic carbocycles. The molecule has 0 aromatic heterocycles. The van der Waals surface area contributed by atoms with Gasteiger partial charge in [-0.3, -0.25) is 0 Å². The van der Waals surface area contributed by atoms with Crippen molar-refractivity contribution in [2.24, 2.45) is 16.7 Å². The van der Waals surface area contributed by atoms with Crippen LogP contribution in [-0.2, 0) is 10.8 Å². The maximum atomic E-state index is 11.1. The van der Waals surface area contributed by atoms with Crippen molar-refractivity contribution in [2.75, 3.05) is 0 Å². The molecular formula is C29H38O2. The van der Waals surface area contributed by atoms with Crippen LogP contribution in [0.5, 0.6) is 11.5 Å². The van der Waals surface area contributed by atoms with Gasteiger partial charge in [0.15, 0.2) is 0 Å². The number of aromatic hydroxyl groups is 2. The van der Waals surface area contributed by atoms with E-state index in [0.717, 1.165) is 54.4 Å². The van der Waals surface area contributed by atoms with E-state index in [4.69, 9.17) is 0 Å². The Balaban J connectivity index is 1.76. The van der Waals surface area contributed by atoms with Crippen LogP contribution in [0, 0.1) is 30.6 Å². The van der Waals surface area contributed by atoms with E-state index in [1.165, 1.54) is 12.8 Å². The predicted octanol–water partition coefficient (Wildman–Crippen LogP) is 7.31. The Hall–Kier alpha value is -1.96. The summed E-state index contributed by atoms with van der Waals surface area (Å²) in [5.74, 6) is 1.52. The van der Waals surface area contributed by atoms with Gasteiger partial charge in [-0.15, -0.1) is 0 Å². The third-order valence-corrected chi connectivity index (χ3v) is 9.64. The summed E-state index contributed by atoms with van der Waals surface area (Å²) in [5.41, 5.74) is 5.00. The van der Waals surface area contributed by atoms with Gasteiger partial charge in [-0.05, 0) is 92.4 Å². The van der Waals surface area contributed by atoms with Gasteiger partial charge in [0.25, 0.3) is 0 Å². The lowest BCUT2D eigenvalue weighted by atomic mass is 9.32. The van der Waals surface area contributed by atoms with Crippen molar-refractivity contribution in [3.63, 3.8) is 0 Å². The first kappa shape index (κ1) is 20.9. The SMILES string of the molecule is CCC12CC3(c4ccc(C)cc4O)CC(c4ccc(C)cc4O)(C1)CC(C(C)C)(C2)C3. The number of hydrogen-bond donors (Lipinski definition) is 2. The van der Waals surface area contributed by atoms with Crippen LogP contribution in [0.2, 0.25) is 0 Å². The highest BCUT2D eigenvalue weighted by molar-refractivity contribution is 5.50. The predicted molar refractivity (Wildman–Crippen MR) is 127 cm³/mol. The van der Waals surface area contributed by atoms with Crippen molar-refractivity contribution in [1.29, 1.82) is 0 Å². The van der Waals surface area contributed by atoms with E-state index >= 15 is 0 Å². The summed E-state index contributed by atoms with van der Waals surface area (Å²) in [5, 5.41) is 22.3. The van der Waals surface area contributed by atoms with Gasteiger partial charge in [-0.2, -0.15) is 0 Å². The third kappa shape index (κ3) is 2.90. The van der Waals surface area contributed by atoms with Gasteiger partial charge < -0.3 is 10.2 Å². The van der Waals surface area contributed by atoms with E-state index in [1.54, 1.807) is 0 Å². The molecule has 4 bridgehead atoms. The van der Waals surface area contributed by atoms with Crippen LogP contribution in [0.4, 0.5) is 0 Å². The van der Waals surface area contributed by atoms with Gasteiger partial charge in [0.2, 0.25) is 0 Å². The van der Waals surface area contributed by atoms with Crippen LogP contribution in [-0.4, -0.2) is 10.2 Å². The molecule has 0 heterocycles. The maximum absolute atomic E-state index is 11.1. The highest BCUT2D eigenvalue weighted by Gasteiger charge is 2.69. The summed E-state index contributed by atoms with van der Waals surface area (Å²) in [6, 6.07) is 12.7. The molecule has 2 aromatic rings. The monoisotopic (exact) mass is 418 g/mol. The molecule has 2 heteroatoms. The fourth-order valence-corrected chi connectivity index (χ4v) is 8.67. The lowest BCUT2D eigenvalue weighted by Crippen LogP contribution is -2.65. The van der Waals surface area contributed by atoms with Crippen molar-refractivity contribution in [1.82, 2.24) is 0 Å². The number of hydrogen-bond acceptors (Lipinski definition) is 2. The average Bonchev–Trinajstić information content (AvgIpc) is 2.66. The minimum Gasteiger partial charge on any atom is -0.508 e. The smallest absolute Gasteiger partial charge is 0.119 e. The summed E-state index contributed by atoms with van der Waals surface area (Å²) in [7, 11) is 0. The van der Waals surface area contributed by atoms with E-state index < -0.39 is 0 Å². The molecule has 4 fully saturated rings. The quantitative estimate of drug-likeness (QED) is 0.546. The van der Waals surface area contributed by atoms with E-state index in [0.29, 0.717) is 17.4 Å². The molecule has 0 spiro atoms. The zero-order valence-corrected chi connectivity index (χ0v) is 19.9. The first-order valence-electron chi connectivity index (χ1n) is 12.2. The minimum atomic E-state index is -0.0237. The van der Waals surface area contributed by atoms with Crippen molar-refractivity contribution >= 4 is 0 Å². The molecular weight excluding hydrogens is 380 g/mol. The lowest BCUT2D eigenvalue weighted by molar-refractivity contribution is -0.161. The van der Waals surface area contributed by atoms with Crippen molar-refractivity contribution in [3.8, 4) is 11.5 Å². The highest BCUT2D eigenvalue weighted by atomic mass is 16.3. The number of phenols is 2. The fourth-order valence-electron chi connectivity index (χ4n) is 8.67. The number of aryl methyl sites for hydroxylation is 2. The van der Waals surface area contributed by atoms with Crippen molar-refractivity contribution in [2.45, 2.75) is 90.4 Å². The Labute approximate surface area is 187 Å². The molecule has 4 saturated carbocycles. The van der Waals surface area contributed by atoms with Gasteiger partial charge in [0, 0.05) is 22.0 Å². The molecule has 31 heavy (non-hydrogen) atoms. The van der Waals surface area contributed by atoms with Gasteiger partial charge in [-0.1, -0.05) is 51.5 Å². The van der Waals surface area contributed by atoms with E-state index in [1.807, 2.05) is 12.1 Å². The first-order valence-corrected chi connectivity index (χ1v) is 12.2. The summed E-state index contributed by atoms with van der Waals surface area (Å²) in [6.07, 6.45) is 8.13. The lowest BCUT2D eigenvalue weighted by Gasteiger charge is -2.72. The Bertz CT molecular complexity index is 966. The average molecular weight is 419 g/mol. The molecule has 0 amide bonds. The summed E-state index contributed by atoms with van der Waals surface area (Å²) in [6.45, 7) is 11.3. The van der Waals surface area contributed by atoms with Crippen LogP contribution < -0.4 is 0 Å². The van der Waals surface area contributed by atoms with Crippen LogP contribution in [0.15, 0.2) is 36.4 Å². The molecule has 2 N–H and O–H groups in total. The van der Waals surface area contributed by atoms with E-state index in [2.05, 4.69) is 58.9 Å². The molecule has 2 atom stereocenters. The molecule has 0 saturated heterocycles. The van der Waals surface area contributed by atoms with Gasteiger partial charge in [-0.25, -0.2) is 0 Å². The van der Waals surface area contributed by atoms with Crippen LogP contribution in [0.1, 0.15) is 88.0 Å². The van der Waals surface area contributed by atoms with Gasteiger partial charge in [0.1, 0.15) is 11.5 Å². The van der Waals surface area contributed by atoms with Crippen molar-refractivity contribution < 1.29 is 10.2 Å². The highest BCUT2D eigenvalue weighted by Crippen LogP contribution is 2.77. The second-order valence-electron chi connectivity index (χ2n) is 12.0. The summed E-state index contributed by atoms with van der Waals surface area (Å²) in [4.78, 5) is 0.